The first kappa shape index (κ1) is 24.5. The summed E-state index contributed by atoms with van der Waals surface area (Å²) in [5.74, 6) is 0.116. The van der Waals surface area contributed by atoms with Gasteiger partial charge in [-0.1, -0.05) is 31.5 Å². The third kappa shape index (κ3) is 5.92. The number of anilines is 2. The van der Waals surface area contributed by atoms with E-state index in [1.54, 1.807) is 42.5 Å². The quantitative estimate of drug-likeness (QED) is 0.302. The maximum Gasteiger partial charge on any atom is 0.255 e. The minimum Gasteiger partial charge on any atom is -0.494 e. The summed E-state index contributed by atoms with van der Waals surface area (Å²) in [7, 11) is 0. The van der Waals surface area contributed by atoms with Crippen molar-refractivity contribution in [3.63, 3.8) is 0 Å². The normalized spacial score (nSPS) is 15.4. The molecule has 1 unspecified atom stereocenters. The van der Waals surface area contributed by atoms with Gasteiger partial charge in [-0.05, 0) is 73.5 Å². The zero-order chi connectivity index (χ0) is 24.8. The summed E-state index contributed by atoms with van der Waals surface area (Å²) in [6, 6.07) is 21.8. The second kappa shape index (κ2) is 11.2. The van der Waals surface area contributed by atoms with Crippen LogP contribution in [0.3, 0.4) is 0 Å². The van der Waals surface area contributed by atoms with E-state index in [1.807, 2.05) is 37.3 Å². The lowest BCUT2D eigenvalue weighted by Crippen LogP contribution is -2.31. The molecule has 0 spiro atoms. The highest BCUT2D eigenvalue weighted by Gasteiger charge is 2.40. The summed E-state index contributed by atoms with van der Waals surface area (Å²) in [4.78, 5) is 40.3. The molecule has 3 aromatic carbocycles. The van der Waals surface area contributed by atoms with Crippen LogP contribution in [0.5, 0.6) is 5.75 Å². The van der Waals surface area contributed by atoms with E-state index in [1.165, 1.54) is 16.7 Å². The molecule has 35 heavy (non-hydrogen) atoms. The standard InChI is InChI=1S/C28H28N2O4S/c1-3-4-17-34-22-13-11-21(12-14-22)30-26(31)18-25(28(30)33)35-23-15-9-20(10-16-23)29-27(32)24-8-6-5-7-19(24)2/h5-16,25H,3-4,17-18H2,1-2H3,(H,29,32). The van der Waals surface area contributed by atoms with Crippen LogP contribution < -0.4 is 15.0 Å². The van der Waals surface area contributed by atoms with Crippen molar-refractivity contribution in [3.8, 4) is 5.75 Å². The number of hydrogen-bond acceptors (Lipinski definition) is 5. The molecule has 3 aromatic rings. The Morgan fingerprint density at radius 1 is 1.03 bits per heavy atom. The van der Waals surface area contributed by atoms with Crippen molar-refractivity contribution >= 4 is 40.9 Å². The molecule has 1 aliphatic heterocycles. The molecule has 1 N–H and O–H groups in total. The Balaban J connectivity index is 1.36. The summed E-state index contributed by atoms with van der Waals surface area (Å²) in [5.41, 5.74) is 2.76. The van der Waals surface area contributed by atoms with Crippen LogP contribution in [-0.4, -0.2) is 29.6 Å². The number of carbonyl (C=O) groups excluding carboxylic acids is 3. The fourth-order valence-electron chi connectivity index (χ4n) is 3.80. The van der Waals surface area contributed by atoms with Crippen molar-refractivity contribution in [2.75, 3.05) is 16.8 Å². The summed E-state index contributed by atoms with van der Waals surface area (Å²) < 4.78 is 5.66. The SMILES string of the molecule is CCCCOc1ccc(N2C(=O)CC(Sc3ccc(NC(=O)c4ccccc4C)cc3)C2=O)cc1. The summed E-state index contributed by atoms with van der Waals surface area (Å²) in [6.45, 7) is 4.64. The second-order valence-electron chi connectivity index (χ2n) is 8.37. The number of hydrogen-bond donors (Lipinski definition) is 1. The Bertz CT molecular complexity index is 1210. The average Bonchev–Trinajstić information content (AvgIpc) is 3.13. The number of rotatable bonds is 9. The van der Waals surface area contributed by atoms with Crippen molar-refractivity contribution in [1.82, 2.24) is 0 Å². The van der Waals surface area contributed by atoms with E-state index < -0.39 is 5.25 Å². The maximum atomic E-state index is 13.0. The number of benzene rings is 3. The van der Waals surface area contributed by atoms with Gasteiger partial charge in [0, 0.05) is 22.6 Å². The Labute approximate surface area is 209 Å². The number of carbonyl (C=O) groups is 3. The predicted octanol–water partition coefficient (Wildman–Crippen LogP) is 5.85. The highest BCUT2D eigenvalue weighted by Crippen LogP contribution is 2.35. The van der Waals surface area contributed by atoms with Crippen LogP contribution in [0.25, 0.3) is 0 Å². The number of nitrogens with one attached hydrogen (secondary N) is 1. The molecular weight excluding hydrogens is 460 g/mol. The number of nitrogens with zero attached hydrogens (tertiary/aromatic N) is 1. The van der Waals surface area contributed by atoms with Crippen molar-refractivity contribution < 1.29 is 19.1 Å². The number of thioether (sulfide) groups is 1. The second-order valence-corrected chi connectivity index (χ2v) is 9.64. The van der Waals surface area contributed by atoms with Crippen LogP contribution in [-0.2, 0) is 9.59 Å². The fraction of sp³-hybridized carbons (Fsp3) is 0.250. The third-order valence-electron chi connectivity index (χ3n) is 5.75. The molecule has 180 valence electrons. The number of aryl methyl sites for hydroxylation is 1. The monoisotopic (exact) mass is 488 g/mol. The molecule has 1 heterocycles. The number of amides is 3. The van der Waals surface area contributed by atoms with Crippen LogP contribution >= 0.6 is 11.8 Å². The third-order valence-corrected chi connectivity index (χ3v) is 6.94. The smallest absolute Gasteiger partial charge is 0.255 e. The van der Waals surface area contributed by atoms with Crippen LogP contribution in [0.15, 0.2) is 77.7 Å². The molecule has 6 nitrogen and oxygen atoms in total. The van der Waals surface area contributed by atoms with E-state index in [0.29, 0.717) is 23.5 Å². The van der Waals surface area contributed by atoms with Gasteiger partial charge in [0.05, 0.1) is 17.5 Å². The average molecular weight is 489 g/mol. The lowest BCUT2D eigenvalue weighted by atomic mass is 10.1. The molecular formula is C28H28N2O4S. The van der Waals surface area contributed by atoms with Gasteiger partial charge in [-0.2, -0.15) is 0 Å². The molecule has 3 amide bonds. The van der Waals surface area contributed by atoms with Crippen molar-refractivity contribution in [2.45, 2.75) is 43.3 Å². The molecule has 0 radical (unpaired) electrons. The van der Waals surface area contributed by atoms with Gasteiger partial charge >= 0.3 is 0 Å². The minimum atomic E-state index is -0.490. The molecule has 1 atom stereocenters. The molecule has 0 aliphatic carbocycles. The van der Waals surface area contributed by atoms with Crippen molar-refractivity contribution in [1.29, 1.82) is 0 Å². The van der Waals surface area contributed by atoms with E-state index in [0.717, 1.165) is 29.1 Å². The topological polar surface area (TPSA) is 75.7 Å². The highest BCUT2D eigenvalue weighted by molar-refractivity contribution is 8.00. The van der Waals surface area contributed by atoms with Gasteiger partial charge in [0.15, 0.2) is 0 Å². The molecule has 0 bridgehead atoms. The number of imide groups is 1. The van der Waals surface area contributed by atoms with E-state index >= 15 is 0 Å². The highest BCUT2D eigenvalue weighted by atomic mass is 32.2. The first-order chi connectivity index (χ1) is 17.0. The molecule has 0 aromatic heterocycles. The largest absolute Gasteiger partial charge is 0.494 e. The minimum absolute atomic E-state index is 0.143. The van der Waals surface area contributed by atoms with Crippen LogP contribution in [0.1, 0.15) is 42.1 Å². The first-order valence-electron chi connectivity index (χ1n) is 11.7. The summed E-state index contributed by atoms with van der Waals surface area (Å²) in [5, 5.41) is 2.41. The Hall–Kier alpha value is -3.58. The molecule has 7 heteroatoms. The predicted molar refractivity (Wildman–Crippen MR) is 139 cm³/mol. The fourth-order valence-corrected chi connectivity index (χ4v) is 4.85. The molecule has 4 rings (SSSR count). The lowest BCUT2D eigenvalue weighted by Gasteiger charge is -2.16. The lowest BCUT2D eigenvalue weighted by molar-refractivity contribution is -0.121. The van der Waals surface area contributed by atoms with Crippen LogP contribution in [0.2, 0.25) is 0 Å². The van der Waals surface area contributed by atoms with Gasteiger partial charge in [-0.25, -0.2) is 4.90 Å². The van der Waals surface area contributed by atoms with Gasteiger partial charge in [0.2, 0.25) is 11.8 Å². The van der Waals surface area contributed by atoms with Gasteiger partial charge < -0.3 is 10.1 Å². The van der Waals surface area contributed by atoms with Crippen LogP contribution in [0, 0.1) is 6.92 Å². The van der Waals surface area contributed by atoms with Gasteiger partial charge in [0.1, 0.15) is 5.75 Å². The van der Waals surface area contributed by atoms with E-state index in [-0.39, 0.29) is 24.1 Å². The molecule has 1 fully saturated rings. The van der Waals surface area contributed by atoms with Crippen molar-refractivity contribution in [2.24, 2.45) is 0 Å². The van der Waals surface area contributed by atoms with E-state index in [4.69, 9.17) is 4.74 Å². The maximum absolute atomic E-state index is 13.0. The molecule has 1 aliphatic rings. The van der Waals surface area contributed by atoms with Gasteiger partial charge in [-0.3, -0.25) is 14.4 Å². The molecule has 0 saturated carbocycles. The van der Waals surface area contributed by atoms with Gasteiger partial charge in [-0.15, -0.1) is 11.8 Å². The number of ether oxygens (including phenoxy) is 1. The van der Waals surface area contributed by atoms with Gasteiger partial charge in [0.25, 0.3) is 5.91 Å². The van der Waals surface area contributed by atoms with E-state index in [2.05, 4.69) is 12.2 Å². The Kier molecular flexibility index (Phi) is 7.87. The first-order valence-corrected chi connectivity index (χ1v) is 12.6. The summed E-state index contributed by atoms with van der Waals surface area (Å²) in [6.07, 6.45) is 2.17. The Morgan fingerprint density at radius 3 is 2.43 bits per heavy atom. The molecule has 1 saturated heterocycles. The number of unbranched alkanes of at least 4 members (excludes halogenated alkanes) is 1. The van der Waals surface area contributed by atoms with Crippen molar-refractivity contribution in [3.05, 3.63) is 83.9 Å². The Morgan fingerprint density at radius 2 is 1.74 bits per heavy atom. The van der Waals surface area contributed by atoms with Crippen LogP contribution in [0.4, 0.5) is 11.4 Å². The zero-order valence-electron chi connectivity index (χ0n) is 19.8. The summed E-state index contributed by atoms with van der Waals surface area (Å²) >= 11 is 1.36. The van der Waals surface area contributed by atoms with E-state index in [9.17, 15) is 14.4 Å². The zero-order valence-corrected chi connectivity index (χ0v) is 20.6.